The molecule has 1 amide bonds. The number of aromatic nitrogens is 1. The van der Waals surface area contributed by atoms with Crippen LogP contribution in [0.15, 0.2) is 42.6 Å². The molecule has 1 aromatic heterocycles. The van der Waals surface area contributed by atoms with E-state index >= 15 is 0 Å². The second-order valence-electron chi connectivity index (χ2n) is 7.31. The molecular weight excluding hydrogens is 310 g/mol. The van der Waals surface area contributed by atoms with E-state index in [1.54, 1.807) is 18.3 Å². The van der Waals surface area contributed by atoms with Crippen LogP contribution in [0.4, 0.5) is 11.5 Å². The molecule has 2 rings (SSSR count). The summed E-state index contributed by atoms with van der Waals surface area (Å²) >= 11 is 0. The highest BCUT2D eigenvalue weighted by molar-refractivity contribution is 6.05. The summed E-state index contributed by atoms with van der Waals surface area (Å²) in [4.78, 5) is 16.9. The molecular formula is C21H29N3O. The number of carbonyl (C=O) groups is 1. The summed E-state index contributed by atoms with van der Waals surface area (Å²) in [5.74, 6) is 0.628. The predicted molar refractivity (Wildman–Crippen MR) is 105 cm³/mol. The van der Waals surface area contributed by atoms with E-state index in [9.17, 15) is 4.79 Å². The van der Waals surface area contributed by atoms with Crippen LogP contribution in [0.3, 0.4) is 0 Å². The third-order valence-electron chi connectivity index (χ3n) is 4.09. The Hall–Kier alpha value is -2.36. The quantitative estimate of drug-likeness (QED) is 0.679. The molecule has 134 valence electrons. The highest BCUT2D eigenvalue weighted by Crippen LogP contribution is 2.29. The summed E-state index contributed by atoms with van der Waals surface area (Å²) in [5.41, 5.74) is 2.55. The lowest BCUT2D eigenvalue weighted by Crippen LogP contribution is -2.19. The Balaban J connectivity index is 2.09. The minimum atomic E-state index is -0.115. The van der Waals surface area contributed by atoms with Crippen LogP contribution in [-0.4, -0.2) is 17.4 Å². The van der Waals surface area contributed by atoms with Gasteiger partial charge in [-0.25, -0.2) is 4.98 Å². The zero-order valence-corrected chi connectivity index (χ0v) is 15.7. The predicted octanol–water partition coefficient (Wildman–Crippen LogP) is 5.23. The molecule has 1 heterocycles. The van der Waals surface area contributed by atoms with Gasteiger partial charge in [-0.2, -0.15) is 0 Å². The minimum Gasteiger partial charge on any atom is -0.370 e. The fourth-order valence-corrected chi connectivity index (χ4v) is 2.70. The Labute approximate surface area is 151 Å². The topological polar surface area (TPSA) is 54.0 Å². The molecule has 4 heteroatoms. The minimum absolute atomic E-state index is 0.0336. The van der Waals surface area contributed by atoms with E-state index in [1.807, 2.05) is 18.2 Å². The normalized spacial score (nSPS) is 11.2. The summed E-state index contributed by atoms with van der Waals surface area (Å²) < 4.78 is 0. The Morgan fingerprint density at radius 3 is 2.60 bits per heavy atom. The number of amides is 1. The van der Waals surface area contributed by atoms with E-state index in [1.165, 1.54) is 12.8 Å². The molecule has 0 bridgehead atoms. The van der Waals surface area contributed by atoms with Crippen molar-refractivity contribution in [3.05, 3.63) is 53.7 Å². The third-order valence-corrected chi connectivity index (χ3v) is 4.09. The fraction of sp³-hybridized carbons (Fsp3) is 0.429. The maximum absolute atomic E-state index is 12.7. The summed E-state index contributed by atoms with van der Waals surface area (Å²) in [6, 6.07) is 11.5. The molecule has 0 fully saturated rings. The van der Waals surface area contributed by atoms with Gasteiger partial charge in [-0.15, -0.1) is 0 Å². The SMILES string of the molecule is CCCCCNc1cc(C(=O)Nc2ccccc2C(C)(C)C)ccn1. The molecule has 0 atom stereocenters. The summed E-state index contributed by atoms with van der Waals surface area (Å²) in [7, 11) is 0. The van der Waals surface area contributed by atoms with Gasteiger partial charge < -0.3 is 10.6 Å². The first kappa shape index (κ1) is 19.0. The van der Waals surface area contributed by atoms with Crippen LogP contribution in [0.5, 0.6) is 0 Å². The molecule has 0 saturated heterocycles. The number of hydrogen-bond donors (Lipinski definition) is 2. The molecule has 1 aromatic carbocycles. The lowest BCUT2D eigenvalue weighted by Gasteiger charge is -2.23. The average molecular weight is 339 g/mol. The van der Waals surface area contributed by atoms with Crippen molar-refractivity contribution < 1.29 is 4.79 Å². The lowest BCUT2D eigenvalue weighted by atomic mass is 9.86. The zero-order chi connectivity index (χ0) is 18.3. The van der Waals surface area contributed by atoms with E-state index in [-0.39, 0.29) is 11.3 Å². The van der Waals surface area contributed by atoms with Crippen LogP contribution < -0.4 is 10.6 Å². The van der Waals surface area contributed by atoms with Crippen LogP contribution in [0, 0.1) is 0 Å². The smallest absolute Gasteiger partial charge is 0.255 e. The number of rotatable bonds is 7. The van der Waals surface area contributed by atoms with Gasteiger partial charge in [0.05, 0.1) is 0 Å². The second kappa shape index (κ2) is 8.65. The van der Waals surface area contributed by atoms with Crippen molar-refractivity contribution in [3.63, 3.8) is 0 Å². The summed E-state index contributed by atoms with van der Waals surface area (Å²) in [6.45, 7) is 9.48. The van der Waals surface area contributed by atoms with E-state index in [4.69, 9.17) is 0 Å². The molecule has 4 nitrogen and oxygen atoms in total. The molecule has 2 N–H and O–H groups in total. The van der Waals surface area contributed by atoms with E-state index in [0.717, 1.165) is 30.0 Å². The number of unbranched alkanes of at least 4 members (excludes halogenated alkanes) is 2. The Kier molecular flexibility index (Phi) is 6.57. The maximum Gasteiger partial charge on any atom is 0.255 e. The van der Waals surface area contributed by atoms with Crippen molar-refractivity contribution in [2.45, 2.75) is 52.4 Å². The second-order valence-corrected chi connectivity index (χ2v) is 7.31. The molecule has 25 heavy (non-hydrogen) atoms. The van der Waals surface area contributed by atoms with Crippen molar-refractivity contribution in [1.82, 2.24) is 4.98 Å². The number of nitrogens with zero attached hydrogens (tertiary/aromatic N) is 1. The number of benzene rings is 1. The van der Waals surface area contributed by atoms with Gasteiger partial charge in [-0.1, -0.05) is 58.7 Å². The van der Waals surface area contributed by atoms with Gasteiger partial charge in [0.25, 0.3) is 5.91 Å². The van der Waals surface area contributed by atoms with Gasteiger partial charge in [0.1, 0.15) is 5.82 Å². The molecule has 0 radical (unpaired) electrons. The van der Waals surface area contributed by atoms with Crippen molar-refractivity contribution in [1.29, 1.82) is 0 Å². The van der Waals surface area contributed by atoms with Crippen LogP contribution >= 0.6 is 0 Å². The van der Waals surface area contributed by atoms with Gasteiger partial charge >= 0.3 is 0 Å². The van der Waals surface area contributed by atoms with Crippen LogP contribution in [0.25, 0.3) is 0 Å². The molecule has 2 aromatic rings. The number of hydrogen-bond acceptors (Lipinski definition) is 3. The van der Waals surface area contributed by atoms with Crippen LogP contribution in [0.1, 0.15) is 62.9 Å². The molecule has 0 saturated carbocycles. The average Bonchev–Trinajstić information content (AvgIpc) is 2.58. The fourth-order valence-electron chi connectivity index (χ4n) is 2.70. The zero-order valence-electron chi connectivity index (χ0n) is 15.7. The van der Waals surface area contributed by atoms with Gasteiger partial charge in [0.2, 0.25) is 0 Å². The van der Waals surface area contributed by atoms with Crippen molar-refractivity contribution >= 4 is 17.4 Å². The first-order chi connectivity index (χ1) is 11.9. The van der Waals surface area contributed by atoms with Crippen molar-refractivity contribution in [3.8, 4) is 0 Å². The van der Waals surface area contributed by atoms with Crippen LogP contribution in [0.2, 0.25) is 0 Å². The Bertz CT molecular complexity index is 704. The molecule has 0 unspecified atom stereocenters. The van der Waals surface area contributed by atoms with Gasteiger partial charge in [0, 0.05) is 24.0 Å². The first-order valence-electron chi connectivity index (χ1n) is 9.02. The monoisotopic (exact) mass is 339 g/mol. The highest BCUT2D eigenvalue weighted by Gasteiger charge is 2.19. The lowest BCUT2D eigenvalue weighted by molar-refractivity contribution is 0.102. The standard InChI is InChI=1S/C21H29N3O/c1-5-6-9-13-22-19-15-16(12-14-23-19)20(25)24-18-11-8-7-10-17(18)21(2,3)4/h7-8,10-12,14-15H,5-6,9,13H2,1-4H3,(H,22,23)(H,24,25). The largest absolute Gasteiger partial charge is 0.370 e. The molecule has 0 spiro atoms. The van der Waals surface area contributed by atoms with Crippen molar-refractivity contribution in [2.24, 2.45) is 0 Å². The molecule has 0 aliphatic rings. The number of para-hydroxylation sites is 1. The van der Waals surface area contributed by atoms with E-state index in [0.29, 0.717) is 5.56 Å². The molecule has 0 aliphatic heterocycles. The van der Waals surface area contributed by atoms with Gasteiger partial charge in [-0.05, 0) is 35.6 Å². The number of pyridine rings is 1. The van der Waals surface area contributed by atoms with E-state index < -0.39 is 0 Å². The van der Waals surface area contributed by atoms with Gasteiger partial charge in [-0.3, -0.25) is 4.79 Å². The third kappa shape index (κ3) is 5.59. The maximum atomic E-state index is 12.7. The Morgan fingerprint density at radius 1 is 1.12 bits per heavy atom. The first-order valence-corrected chi connectivity index (χ1v) is 9.02. The van der Waals surface area contributed by atoms with Crippen LogP contribution in [-0.2, 0) is 5.41 Å². The summed E-state index contributed by atoms with van der Waals surface area (Å²) in [6.07, 6.45) is 5.15. The Morgan fingerprint density at radius 2 is 1.88 bits per heavy atom. The number of nitrogens with one attached hydrogen (secondary N) is 2. The van der Waals surface area contributed by atoms with E-state index in [2.05, 4.69) is 49.4 Å². The van der Waals surface area contributed by atoms with Crippen molar-refractivity contribution in [2.75, 3.05) is 17.2 Å². The number of anilines is 2. The van der Waals surface area contributed by atoms with Gasteiger partial charge in [0.15, 0.2) is 0 Å². The summed E-state index contributed by atoms with van der Waals surface area (Å²) in [5, 5.41) is 6.33. The molecule has 0 aliphatic carbocycles. The highest BCUT2D eigenvalue weighted by atomic mass is 16.1. The number of carbonyl (C=O) groups excluding carboxylic acids is 1.